The average molecular weight is 465 g/mol. The van der Waals surface area contributed by atoms with Crippen molar-refractivity contribution in [3.8, 4) is 5.75 Å². The van der Waals surface area contributed by atoms with Gasteiger partial charge in [-0.25, -0.2) is 4.98 Å². The minimum Gasteiger partial charge on any atom is -0.497 e. The van der Waals surface area contributed by atoms with Crippen LogP contribution in [0.2, 0.25) is 0 Å². The van der Waals surface area contributed by atoms with Crippen LogP contribution in [0.25, 0.3) is 0 Å². The molecule has 34 heavy (non-hydrogen) atoms. The SMILES string of the molecule is COc1ccc(CNC(=O)C2Cn3ccnc3C3(CCN(C(=O)c4ccoc4C)CC3)O2)cc1. The van der Waals surface area contributed by atoms with Crippen LogP contribution in [0.3, 0.4) is 0 Å². The number of furan rings is 1. The van der Waals surface area contributed by atoms with Gasteiger partial charge in [0.2, 0.25) is 0 Å². The molecule has 1 unspecified atom stereocenters. The average Bonchev–Trinajstić information content (AvgIpc) is 3.52. The summed E-state index contributed by atoms with van der Waals surface area (Å²) in [6, 6.07) is 9.28. The predicted octanol–water partition coefficient (Wildman–Crippen LogP) is 2.64. The fourth-order valence-corrected chi connectivity index (χ4v) is 4.77. The Morgan fingerprint density at radius 3 is 2.65 bits per heavy atom. The minimum atomic E-state index is -0.702. The Morgan fingerprint density at radius 1 is 1.21 bits per heavy atom. The lowest BCUT2D eigenvalue weighted by Gasteiger charge is -2.45. The maximum Gasteiger partial charge on any atom is 0.257 e. The normalized spacial score (nSPS) is 19.0. The summed E-state index contributed by atoms with van der Waals surface area (Å²) in [7, 11) is 1.62. The second-order valence-corrected chi connectivity index (χ2v) is 8.75. The summed E-state index contributed by atoms with van der Waals surface area (Å²) in [5.41, 5.74) is 0.855. The van der Waals surface area contributed by atoms with Gasteiger partial charge >= 0.3 is 0 Å². The molecule has 0 radical (unpaired) electrons. The lowest BCUT2D eigenvalue weighted by Crippen LogP contribution is -2.54. The predicted molar refractivity (Wildman–Crippen MR) is 122 cm³/mol. The van der Waals surface area contributed by atoms with Crippen molar-refractivity contribution in [3.05, 3.63) is 71.7 Å². The molecule has 0 saturated carbocycles. The van der Waals surface area contributed by atoms with E-state index in [4.69, 9.17) is 13.9 Å². The van der Waals surface area contributed by atoms with E-state index in [9.17, 15) is 9.59 Å². The quantitative estimate of drug-likeness (QED) is 0.623. The molecule has 1 N–H and O–H groups in total. The highest BCUT2D eigenvalue weighted by Crippen LogP contribution is 2.40. The molecule has 1 fully saturated rings. The summed E-state index contributed by atoms with van der Waals surface area (Å²) in [5.74, 6) is 1.99. The molecule has 3 aromatic rings. The standard InChI is InChI=1S/C25H28N4O5/c1-17-20(7-14-33-17)23(31)28-11-8-25(9-12-28)24-26-10-13-29(24)16-21(34-25)22(30)27-15-18-3-5-19(32-2)6-4-18/h3-7,10,13-14,21H,8-9,11-12,15-16H2,1-2H3,(H,27,30). The van der Waals surface area contributed by atoms with Crippen molar-refractivity contribution in [2.75, 3.05) is 20.2 Å². The van der Waals surface area contributed by atoms with Gasteiger partial charge in [0.05, 0.1) is 25.5 Å². The number of hydrogen-bond acceptors (Lipinski definition) is 6. The van der Waals surface area contributed by atoms with Gasteiger partial charge in [-0.05, 0) is 30.7 Å². The van der Waals surface area contributed by atoms with Crippen LogP contribution in [0.15, 0.2) is 53.4 Å². The van der Waals surface area contributed by atoms with Crippen molar-refractivity contribution in [2.45, 2.75) is 44.6 Å². The van der Waals surface area contributed by atoms with E-state index in [1.54, 1.807) is 26.3 Å². The van der Waals surface area contributed by atoms with Gasteiger partial charge in [-0.15, -0.1) is 0 Å². The number of ether oxygens (including phenoxy) is 2. The molecule has 2 amide bonds. The maximum absolute atomic E-state index is 13.0. The van der Waals surface area contributed by atoms with Gasteiger partial charge < -0.3 is 28.7 Å². The number of aromatic nitrogens is 2. The molecule has 0 bridgehead atoms. The number of benzene rings is 1. The Labute approximate surface area is 197 Å². The Hall–Kier alpha value is -3.59. The van der Waals surface area contributed by atoms with E-state index in [0.717, 1.165) is 17.1 Å². The van der Waals surface area contributed by atoms with Crippen molar-refractivity contribution in [2.24, 2.45) is 0 Å². The number of aryl methyl sites for hydroxylation is 1. The molecule has 5 rings (SSSR count). The van der Waals surface area contributed by atoms with E-state index in [2.05, 4.69) is 10.3 Å². The maximum atomic E-state index is 13.0. The van der Waals surface area contributed by atoms with Gasteiger partial charge in [0, 0.05) is 44.9 Å². The summed E-state index contributed by atoms with van der Waals surface area (Å²) in [6.07, 6.45) is 5.65. The zero-order valence-electron chi connectivity index (χ0n) is 19.3. The molecular formula is C25H28N4O5. The molecule has 0 aliphatic carbocycles. The highest BCUT2D eigenvalue weighted by atomic mass is 16.5. The first kappa shape index (κ1) is 22.2. The minimum absolute atomic E-state index is 0.0472. The molecule has 2 aromatic heterocycles. The fraction of sp³-hybridized carbons (Fsp3) is 0.400. The number of piperidine rings is 1. The van der Waals surface area contributed by atoms with Gasteiger partial charge in [-0.1, -0.05) is 12.1 Å². The molecule has 4 heterocycles. The van der Waals surface area contributed by atoms with Gasteiger partial charge in [-0.2, -0.15) is 0 Å². The number of methoxy groups -OCH3 is 1. The molecule has 2 aliphatic rings. The molecule has 1 atom stereocenters. The van der Waals surface area contributed by atoms with Crippen molar-refractivity contribution in [1.29, 1.82) is 0 Å². The van der Waals surface area contributed by atoms with Gasteiger partial charge in [-0.3, -0.25) is 9.59 Å². The molecule has 178 valence electrons. The second-order valence-electron chi connectivity index (χ2n) is 8.75. The fourth-order valence-electron chi connectivity index (χ4n) is 4.77. The van der Waals surface area contributed by atoms with E-state index < -0.39 is 11.7 Å². The van der Waals surface area contributed by atoms with Crippen molar-refractivity contribution in [3.63, 3.8) is 0 Å². The molecule has 9 nitrogen and oxygen atoms in total. The number of nitrogens with zero attached hydrogens (tertiary/aromatic N) is 3. The molecule has 9 heteroatoms. The van der Waals surface area contributed by atoms with Crippen molar-refractivity contribution in [1.82, 2.24) is 19.8 Å². The zero-order chi connectivity index (χ0) is 23.7. The van der Waals surface area contributed by atoms with E-state index in [0.29, 0.717) is 50.3 Å². The number of nitrogens with one attached hydrogen (secondary N) is 1. The molecule has 1 saturated heterocycles. The molecule has 1 spiro atoms. The first-order valence-electron chi connectivity index (χ1n) is 11.4. The number of rotatable bonds is 5. The smallest absolute Gasteiger partial charge is 0.257 e. The van der Waals surface area contributed by atoms with Gasteiger partial charge in [0.15, 0.2) is 6.10 Å². The third-order valence-electron chi connectivity index (χ3n) is 6.72. The number of fused-ring (bicyclic) bond motifs is 2. The summed E-state index contributed by atoms with van der Waals surface area (Å²) >= 11 is 0. The number of carbonyl (C=O) groups is 2. The van der Waals surface area contributed by atoms with Crippen LogP contribution in [0.5, 0.6) is 5.75 Å². The van der Waals surface area contributed by atoms with E-state index >= 15 is 0 Å². The number of carbonyl (C=O) groups excluding carboxylic acids is 2. The van der Waals surface area contributed by atoms with E-state index in [1.807, 2.05) is 39.9 Å². The lowest BCUT2D eigenvalue weighted by molar-refractivity contribution is -0.172. The summed E-state index contributed by atoms with van der Waals surface area (Å²) < 4.78 is 18.9. The van der Waals surface area contributed by atoms with Crippen LogP contribution < -0.4 is 10.1 Å². The Bertz CT molecular complexity index is 1170. The first-order valence-corrected chi connectivity index (χ1v) is 11.4. The van der Waals surface area contributed by atoms with Gasteiger partial charge in [0.25, 0.3) is 11.8 Å². The highest BCUT2D eigenvalue weighted by molar-refractivity contribution is 5.95. The van der Waals surface area contributed by atoms with Crippen LogP contribution in [-0.4, -0.2) is 52.6 Å². The van der Waals surface area contributed by atoms with Crippen molar-refractivity contribution >= 4 is 11.8 Å². The molecule has 2 aliphatic heterocycles. The Kier molecular flexibility index (Phi) is 5.87. The lowest BCUT2D eigenvalue weighted by atomic mass is 9.88. The highest BCUT2D eigenvalue weighted by Gasteiger charge is 2.47. The van der Waals surface area contributed by atoms with E-state index in [1.165, 1.54) is 6.26 Å². The van der Waals surface area contributed by atoms with Crippen LogP contribution in [0.4, 0.5) is 0 Å². The Balaban J connectivity index is 1.26. The third kappa shape index (κ3) is 4.07. The number of likely N-dealkylation sites (tertiary alicyclic amines) is 1. The van der Waals surface area contributed by atoms with Crippen LogP contribution >= 0.6 is 0 Å². The number of hydrogen-bond donors (Lipinski definition) is 1. The number of imidazole rings is 1. The second kappa shape index (κ2) is 8.98. The monoisotopic (exact) mass is 464 g/mol. The first-order chi connectivity index (χ1) is 16.5. The van der Waals surface area contributed by atoms with Crippen LogP contribution in [-0.2, 0) is 28.2 Å². The van der Waals surface area contributed by atoms with Crippen LogP contribution in [0.1, 0.15) is 40.3 Å². The van der Waals surface area contributed by atoms with E-state index in [-0.39, 0.29) is 11.8 Å². The Morgan fingerprint density at radius 2 is 1.97 bits per heavy atom. The van der Waals surface area contributed by atoms with Crippen LogP contribution in [0, 0.1) is 6.92 Å². The number of amides is 2. The summed E-state index contributed by atoms with van der Waals surface area (Å²) in [4.78, 5) is 32.3. The molecule has 1 aromatic carbocycles. The summed E-state index contributed by atoms with van der Waals surface area (Å²) in [6.45, 7) is 3.61. The van der Waals surface area contributed by atoms with Gasteiger partial charge in [0.1, 0.15) is 22.9 Å². The topological polar surface area (TPSA) is 98.8 Å². The summed E-state index contributed by atoms with van der Waals surface area (Å²) in [5, 5.41) is 2.99. The largest absolute Gasteiger partial charge is 0.497 e. The van der Waals surface area contributed by atoms with Crippen molar-refractivity contribution < 1.29 is 23.5 Å². The molecular weight excluding hydrogens is 436 g/mol. The third-order valence-corrected chi connectivity index (χ3v) is 6.72. The zero-order valence-corrected chi connectivity index (χ0v) is 19.3.